The smallest absolute Gasteiger partial charge is 0.321 e. The predicted octanol–water partition coefficient (Wildman–Crippen LogP) is 5.54. The van der Waals surface area contributed by atoms with Crippen molar-refractivity contribution in [2.45, 2.75) is 104 Å². The van der Waals surface area contributed by atoms with E-state index >= 15 is 0 Å². The summed E-state index contributed by atoms with van der Waals surface area (Å²) in [5, 5.41) is 14.9. The summed E-state index contributed by atoms with van der Waals surface area (Å²) in [6, 6.07) is 8.48. The quantitative estimate of drug-likeness (QED) is 0.0743. The molecular formula is C49H66N10O7SSi. The van der Waals surface area contributed by atoms with Crippen LogP contribution >= 0.6 is 11.3 Å². The molecule has 0 aliphatic carbocycles. The van der Waals surface area contributed by atoms with Gasteiger partial charge in [0.25, 0.3) is 5.91 Å². The Labute approximate surface area is 405 Å². The van der Waals surface area contributed by atoms with Crippen molar-refractivity contribution in [3.8, 4) is 22.5 Å². The van der Waals surface area contributed by atoms with E-state index < -0.39 is 23.0 Å². The fourth-order valence-corrected chi connectivity index (χ4v) is 11.4. The molecule has 17 nitrogen and oxygen atoms in total. The zero-order valence-corrected chi connectivity index (χ0v) is 42.4. The maximum Gasteiger partial charge on any atom is 0.321 e. The zero-order valence-electron chi connectivity index (χ0n) is 40.6. The lowest BCUT2D eigenvalue weighted by molar-refractivity contribution is -0.146. The Morgan fingerprint density at radius 1 is 1.13 bits per heavy atom. The van der Waals surface area contributed by atoms with Crippen LogP contribution in [0.3, 0.4) is 0 Å². The van der Waals surface area contributed by atoms with Crippen LogP contribution in [0, 0.1) is 11.3 Å². The maximum atomic E-state index is 14.5. The van der Waals surface area contributed by atoms with Gasteiger partial charge in [0.15, 0.2) is 9.68 Å². The van der Waals surface area contributed by atoms with Crippen LogP contribution in [0.2, 0.25) is 5.54 Å². The van der Waals surface area contributed by atoms with Crippen LogP contribution < -0.4 is 15.7 Å². The molecule has 68 heavy (non-hydrogen) atoms. The van der Waals surface area contributed by atoms with Gasteiger partial charge >= 0.3 is 12.0 Å². The Kier molecular flexibility index (Phi) is 16.2. The number of hydrogen-bond acceptors (Lipinski definition) is 12. The Balaban J connectivity index is 1.19. The van der Waals surface area contributed by atoms with Crippen molar-refractivity contribution in [3.63, 3.8) is 0 Å². The number of rotatable bonds is 11. The topological polar surface area (TPSA) is 184 Å². The summed E-state index contributed by atoms with van der Waals surface area (Å²) in [6.07, 6.45) is 5.37. The second-order valence-electron chi connectivity index (χ2n) is 19.0. The van der Waals surface area contributed by atoms with E-state index in [1.807, 2.05) is 32.2 Å². The molecule has 1 aromatic carbocycles. The third-order valence-electron chi connectivity index (χ3n) is 13.1. The van der Waals surface area contributed by atoms with Crippen LogP contribution in [0.15, 0.2) is 54.6 Å². The Bertz CT molecular complexity index is 2510. The number of likely N-dealkylation sites (N-methyl/N-ethyl adjacent to an activating group) is 1. The zero-order chi connectivity index (χ0) is 48.9. The van der Waals surface area contributed by atoms with Gasteiger partial charge in [0.1, 0.15) is 6.04 Å². The van der Waals surface area contributed by atoms with Gasteiger partial charge in [0.2, 0.25) is 11.8 Å². The van der Waals surface area contributed by atoms with Gasteiger partial charge in [-0.05, 0) is 81.4 Å². The first-order chi connectivity index (χ1) is 32.5. The van der Waals surface area contributed by atoms with Crippen molar-refractivity contribution in [1.82, 2.24) is 50.0 Å². The molecule has 0 spiro atoms. The fraction of sp³-hybridized carbons (Fsp3) is 0.531. The SMILES string of the molecule is C=CC(=O)N1CCCN(C(=O)N(C)[C@H](C(=O)NCN[C@H]2Cc3nc(cs3)-c3ccc4c(c3)c(c(-c3cccnc3[C@H](C)OC)n4CC)CC(C)(C)COC(=O)[C@@H]3CCCN(N[Si]3)C2=O)C(C)C)C1. The van der Waals surface area contributed by atoms with Gasteiger partial charge in [0, 0.05) is 85.8 Å². The van der Waals surface area contributed by atoms with Crippen LogP contribution in [-0.4, -0.2) is 139 Å². The fourth-order valence-electron chi connectivity index (χ4n) is 9.47. The van der Waals surface area contributed by atoms with Crippen LogP contribution in [0.25, 0.3) is 33.4 Å². The number of amides is 5. The number of hydrogen-bond donors (Lipinski definition) is 3. The number of carbonyl (C=O) groups excluding carboxylic acids is 5. The van der Waals surface area contributed by atoms with Crippen molar-refractivity contribution in [1.29, 1.82) is 0 Å². The molecule has 3 N–H and O–H groups in total. The molecule has 6 heterocycles. The number of esters is 1. The molecule has 6 bridgehead atoms. The number of ether oxygens (including phenoxy) is 2. The van der Waals surface area contributed by atoms with Gasteiger partial charge in [-0.2, -0.15) is 0 Å². The molecule has 3 aromatic heterocycles. The molecule has 3 aliphatic rings. The Hall–Kier alpha value is -5.47. The van der Waals surface area contributed by atoms with E-state index in [9.17, 15) is 24.0 Å². The van der Waals surface area contributed by atoms with Gasteiger partial charge in [0.05, 0.1) is 59.7 Å². The highest BCUT2D eigenvalue weighted by atomic mass is 32.1. The monoisotopic (exact) mass is 966 g/mol. The van der Waals surface area contributed by atoms with Crippen LogP contribution in [0.4, 0.5) is 4.79 Å². The van der Waals surface area contributed by atoms with E-state index in [0.717, 1.165) is 49.7 Å². The average molecular weight is 967 g/mol. The number of hydrazine groups is 1. The largest absolute Gasteiger partial charge is 0.465 e. The lowest BCUT2D eigenvalue weighted by Gasteiger charge is -2.39. The van der Waals surface area contributed by atoms with E-state index in [1.165, 1.54) is 22.3 Å². The molecule has 4 aromatic rings. The number of nitrogens with zero attached hydrogens (tertiary/aromatic N) is 7. The van der Waals surface area contributed by atoms with Gasteiger partial charge < -0.3 is 34.1 Å². The molecule has 7 rings (SSSR count). The van der Waals surface area contributed by atoms with Crippen LogP contribution in [-0.2, 0) is 48.0 Å². The highest BCUT2D eigenvalue weighted by molar-refractivity contribution is 7.10. The normalized spacial score (nSPS) is 20.0. The second kappa shape index (κ2) is 21.9. The number of methoxy groups -OCH3 is 1. The summed E-state index contributed by atoms with van der Waals surface area (Å²) in [5.74, 6) is -1.43. The summed E-state index contributed by atoms with van der Waals surface area (Å²) < 4.78 is 14.3. The number of benzene rings is 1. The molecule has 4 atom stereocenters. The van der Waals surface area contributed by atoms with E-state index in [0.29, 0.717) is 51.9 Å². The first-order valence-corrected chi connectivity index (χ1v) is 25.5. The number of fused-ring (bicyclic) bond motifs is 7. The third kappa shape index (κ3) is 11.0. The van der Waals surface area contributed by atoms with E-state index in [1.54, 1.807) is 35.2 Å². The van der Waals surface area contributed by atoms with Crippen molar-refractivity contribution in [3.05, 3.63) is 70.8 Å². The summed E-state index contributed by atoms with van der Waals surface area (Å²) in [4.78, 5) is 82.8. The van der Waals surface area contributed by atoms with E-state index in [-0.39, 0.29) is 77.8 Å². The predicted molar refractivity (Wildman–Crippen MR) is 263 cm³/mol. The number of urea groups is 1. The minimum absolute atomic E-state index is 0.0666. The van der Waals surface area contributed by atoms with Crippen LogP contribution in [0.5, 0.6) is 0 Å². The van der Waals surface area contributed by atoms with E-state index in [2.05, 4.69) is 71.9 Å². The molecule has 5 amide bonds. The van der Waals surface area contributed by atoms with Gasteiger partial charge in [-0.25, -0.2) is 9.78 Å². The number of nitrogens with one attached hydrogen (secondary N) is 3. The Morgan fingerprint density at radius 3 is 2.65 bits per heavy atom. The highest BCUT2D eigenvalue weighted by Gasteiger charge is 2.36. The molecule has 3 aliphatic heterocycles. The average Bonchev–Trinajstić information content (AvgIpc) is 3.83. The summed E-state index contributed by atoms with van der Waals surface area (Å²) in [5.41, 5.74) is 5.87. The molecule has 2 fully saturated rings. The second-order valence-corrected chi connectivity index (χ2v) is 21.1. The summed E-state index contributed by atoms with van der Waals surface area (Å²) in [6.45, 7) is 18.0. The van der Waals surface area contributed by atoms with Crippen molar-refractivity contribution in [2.24, 2.45) is 11.3 Å². The van der Waals surface area contributed by atoms with E-state index in [4.69, 9.17) is 19.4 Å². The van der Waals surface area contributed by atoms with Crippen molar-refractivity contribution in [2.75, 3.05) is 53.7 Å². The summed E-state index contributed by atoms with van der Waals surface area (Å²) in [7, 11) is 3.19. The maximum absolute atomic E-state index is 14.5. The standard InChI is InChI=1S/C49H66N10O7SSi/c1-10-41(60)56-20-14-21-57(29-56)48(64)55(8)43(30(3)4)45(61)52-28-51-36-24-40-53-37(26-67-40)32-17-18-38-34(23-32)35(44(58(38)11-2)33-15-12-19-50-42(33)31(5)65-9)25-49(6,7)27-66-47(63)39-16-13-22-59(46(36)62)54-68-39/h10,12,15,17-19,23,26,30-31,36,39,43,51,54H,1,11,13-14,16,20-22,24-25,27-29H2,2-9H3,(H,52,61)/t31-,36-,39-,43-/m0/s1. The minimum Gasteiger partial charge on any atom is -0.465 e. The lowest BCUT2D eigenvalue weighted by Crippen LogP contribution is -2.59. The molecular weight excluding hydrogens is 901 g/mol. The first-order valence-electron chi connectivity index (χ1n) is 23.6. The molecule has 0 saturated carbocycles. The lowest BCUT2D eigenvalue weighted by atomic mass is 9.84. The number of thiazole rings is 1. The molecule has 0 unspecified atom stereocenters. The van der Waals surface area contributed by atoms with Crippen molar-refractivity contribution >= 4 is 61.6 Å². The highest BCUT2D eigenvalue weighted by Crippen LogP contribution is 2.42. The van der Waals surface area contributed by atoms with Crippen molar-refractivity contribution < 1.29 is 33.4 Å². The molecule has 19 heteroatoms. The number of pyridine rings is 1. The first kappa shape index (κ1) is 50.4. The molecule has 364 valence electrons. The number of aryl methyl sites for hydroxylation is 1. The third-order valence-corrected chi connectivity index (χ3v) is 15.2. The van der Waals surface area contributed by atoms with Gasteiger partial charge in [-0.3, -0.25) is 39.6 Å². The number of cyclic esters (lactones) is 1. The van der Waals surface area contributed by atoms with Crippen LogP contribution in [0.1, 0.15) is 83.2 Å². The minimum atomic E-state index is -0.833. The van der Waals surface area contributed by atoms with Gasteiger partial charge in [-0.1, -0.05) is 40.3 Å². The number of aromatic nitrogens is 3. The van der Waals surface area contributed by atoms with Gasteiger partial charge in [-0.15, -0.1) is 11.3 Å². The number of carbonyl (C=O) groups is 5. The summed E-state index contributed by atoms with van der Waals surface area (Å²) >= 11 is 1.47. The molecule has 2 saturated heterocycles. The Morgan fingerprint density at radius 2 is 1.91 bits per heavy atom. The molecule has 2 radical (unpaired) electrons.